The van der Waals surface area contributed by atoms with Gasteiger partial charge < -0.3 is 10.2 Å². The molecule has 8 nitrogen and oxygen atoms in total. The lowest BCUT2D eigenvalue weighted by Crippen LogP contribution is -2.54. The van der Waals surface area contributed by atoms with Gasteiger partial charge in [-0.1, -0.05) is 86.1 Å². The Morgan fingerprint density at radius 1 is 0.833 bits per heavy atom. The van der Waals surface area contributed by atoms with Crippen LogP contribution < -0.4 is 9.62 Å². The first-order chi connectivity index (χ1) is 19.8. The molecule has 3 rings (SSSR count). The van der Waals surface area contributed by atoms with E-state index < -0.39 is 28.7 Å². The van der Waals surface area contributed by atoms with Gasteiger partial charge in [0.1, 0.15) is 12.6 Å². The van der Waals surface area contributed by atoms with Crippen LogP contribution in [0.15, 0.2) is 72.8 Å². The van der Waals surface area contributed by atoms with Gasteiger partial charge >= 0.3 is 10.2 Å². The fraction of sp³-hybridized carbons (Fsp3) is 0.394. The zero-order valence-electron chi connectivity index (χ0n) is 25.8. The van der Waals surface area contributed by atoms with Crippen LogP contribution in [0.5, 0.6) is 0 Å². The van der Waals surface area contributed by atoms with Gasteiger partial charge in [-0.3, -0.25) is 9.59 Å². The van der Waals surface area contributed by atoms with Gasteiger partial charge in [-0.15, -0.1) is 0 Å². The van der Waals surface area contributed by atoms with E-state index in [1.807, 2.05) is 101 Å². The number of nitrogens with one attached hydrogen (secondary N) is 1. The Morgan fingerprint density at radius 2 is 1.48 bits per heavy atom. The van der Waals surface area contributed by atoms with E-state index in [1.165, 1.54) is 19.0 Å². The molecule has 1 atom stereocenters. The van der Waals surface area contributed by atoms with E-state index >= 15 is 0 Å². The van der Waals surface area contributed by atoms with Crippen LogP contribution in [-0.4, -0.2) is 62.7 Å². The molecule has 0 aliphatic rings. The third kappa shape index (κ3) is 8.66. The van der Waals surface area contributed by atoms with E-state index in [0.717, 1.165) is 36.4 Å². The molecule has 0 saturated carbocycles. The molecule has 226 valence electrons. The molecular formula is C33H44N4O4S. The van der Waals surface area contributed by atoms with Crippen molar-refractivity contribution in [2.24, 2.45) is 5.92 Å². The predicted molar refractivity (Wildman–Crippen MR) is 169 cm³/mol. The minimum Gasteiger partial charge on any atom is -0.354 e. The SMILES string of the molecule is Cc1cccc(CN(C(=O)CN(c2cc(C)ccc2C)S(=O)(=O)N(C)C)[C@@H](Cc2ccccc2)C(=O)NCC(C)C)c1. The second kappa shape index (κ2) is 14.5. The highest BCUT2D eigenvalue weighted by atomic mass is 32.2. The van der Waals surface area contributed by atoms with Crippen LogP contribution in [0.4, 0.5) is 5.69 Å². The number of hydrogen-bond donors (Lipinski definition) is 1. The molecule has 2 amide bonds. The number of carbonyl (C=O) groups is 2. The summed E-state index contributed by atoms with van der Waals surface area (Å²) in [6.07, 6.45) is 0.284. The number of carbonyl (C=O) groups excluding carboxylic acids is 2. The summed E-state index contributed by atoms with van der Waals surface area (Å²) in [7, 11) is -1.16. The normalized spacial score (nSPS) is 12.3. The van der Waals surface area contributed by atoms with Gasteiger partial charge in [0, 0.05) is 33.6 Å². The van der Waals surface area contributed by atoms with Gasteiger partial charge in [0.15, 0.2) is 0 Å². The largest absolute Gasteiger partial charge is 0.354 e. The summed E-state index contributed by atoms with van der Waals surface area (Å²) in [5.74, 6) is -0.525. The summed E-state index contributed by atoms with van der Waals surface area (Å²) in [4.78, 5) is 29.7. The fourth-order valence-corrected chi connectivity index (χ4v) is 5.79. The molecule has 0 aliphatic heterocycles. The van der Waals surface area contributed by atoms with Gasteiger partial charge in [0.05, 0.1) is 5.69 Å². The minimum absolute atomic E-state index is 0.149. The van der Waals surface area contributed by atoms with Crippen molar-refractivity contribution in [2.75, 3.05) is 31.5 Å². The fourth-order valence-electron chi connectivity index (χ4n) is 4.67. The highest BCUT2D eigenvalue weighted by Gasteiger charge is 2.35. The summed E-state index contributed by atoms with van der Waals surface area (Å²) < 4.78 is 29.5. The second-order valence-electron chi connectivity index (χ2n) is 11.4. The van der Waals surface area contributed by atoms with Crippen molar-refractivity contribution in [3.05, 3.63) is 101 Å². The summed E-state index contributed by atoms with van der Waals surface area (Å²) >= 11 is 0. The Kier molecular flexibility index (Phi) is 11.3. The summed E-state index contributed by atoms with van der Waals surface area (Å²) in [6.45, 7) is 9.84. The Balaban J connectivity index is 2.12. The molecule has 0 unspecified atom stereocenters. The topological polar surface area (TPSA) is 90.0 Å². The zero-order chi connectivity index (χ0) is 31.0. The van der Waals surface area contributed by atoms with E-state index in [-0.39, 0.29) is 24.8 Å². The van der Waals surface area contributed by atoms with Crippen molar-refractivity contribution in [1.82, 2.24) is 14.5 Å². The number of amides is 2. The highest BCUT2D eigenvalue weighted by Crippen LogP contribution is 2.26. The molecule has 0 saturated heterocycles. The Bertz CT molecular complexity index is 1470. The lowest BCUT2D eigenvalue weighted by atomic mass is 10.0. The Labute approximate surface area is 251 Å². The first-order valence-electron chi connectivity index (χ1n) is 14.2. The van der Waals surface area contributed by atoms with E-state index in [9.17, 15) is 18.0 Å². The summed E-state index contributed by atoms with van der Waals surface area (Å²) in [6, 6.07) is 22.0. The van der Waals surface area contributed by atoms with Crippen LogP contribution in [0, 0.1) is 26.7 Å². The maximum absolute atomic E-state index is 14.4. The van der Waals surface area contributed by atoms with E-state index in [2.05, 4.69) is 5.32 Å². The monoisotopic (exact) mass is 592 g/mol. The average Bonchev–Trinajstić information content (AvgIpc) is 2.94. The maximum Gasteiger partial charge on any atom is 0.304 e. The molecule has 3 aromatic carbocycles. The van der Waals surface area contributed by atoms with Crippen LogP contribution in [0.3, 0.4) is 0 Å². The first kappa shape index (κ1) is 32.8. The lowest BCUT2D eigenvalue weighted by molar-refractivity contribution is -0.140. The molecule has 0 bridgehead atoms. The summed E-state index contributed by atoms with van der Waals surface area (Å²) in [5.41, 5.74) is 4.80. The van der Waals surface area contributed by atoms with Crippen molar-refractivity contribution < 1.29 is 18.0 Å². The average molecular weight is 593 g/mol. The molecule has 0 aliphatic carbocycles. The van der Waals surface area contributed by atoms with Crippen molar-refractivity contribution in [2.45, 2.75) is 53.6 Å². The minimum atomic E-state index is -4.05. The van der Waals surface area contributed by atoms with Crippen molar-refractivity contribution in [1.29, 1.82) is 0 Å². The standard InChI is InChI=1S/C33H44N4O4S/c1-24(2)21-34-33(39)31(20-28-13-9-8-10-14-28)36(22-29-15-11-12-25(3)18-29)32(38)23-37(42(40,41)35(6)7)30-19-26(4)16-17-27(30)5/h8-19,24,31H,20-23H2,1-7H3,(H,34,39)/t31-/m0/s1. The molecule has 42 heavy (non-hydrogen) atoms. The van der Waals surface area contributed by atoms with E-state index in [1.54, 1.807) is 6.07 Å². The van der Waals surface area contributed by atoms with E-state index in [4.69, 9.17) is 0 Å². The number of nitrogens with zero attached hydrogens (tertiary/aromatic N) is 3. The lowest BCUT2D eigenvalue weighted by Gasteiger charge is -2.35. The molecule has 0 radical (unpaired) electrons. The smallest absolute Gasteiger partial charge is 0.304 e. The molecule has 1 N–H and O–H groups in total. The zero-order valence-corrected chi connectivity index (χ0v) is 26.6. The molecule has 9 heteroatoms. The van der Waals surface area contributed by atoms with Crippen LogP contribution in [0.2, 0.25) is 0 Å². The maximum atomic E-state index is 14.4. The molecule has 3 aromatic rings. The molecule has 0 heterocycles. The molecular weight excluding hydrogens is 548 g/mol. The van der Waals surface area contributed by atoms with Crippen LogP contribution in [0.25, 0.3) is 0 Å². The third-order valence-corrected chi connectivity index (χ3v) is 8.85. The van der Waals surface area contributed by atoms with Gasteiger partial charge in [-0.25, -0.2) is 4.31 Å². The number of benzene rings is 3. The van der Waals surface area contributed by atoms with Crippen LogP contribution in [-0.2, 0) is 32.8 Å². The van der Waals surface area contributed by atoms with Crippen LogP contribution >= 0.6 is 0 Å². The number of aryl methyl sites for hydroxylation is 3. The van der Waals surface area contributed by atoms with Gasteiger partial charge in [-0.2, -0.15) is 12.7 Å². The van der Waals surface area contributed by atoms with Crippen molar-refractivity contribution >= 4 is 27.7 Å². The van der Waals surface area contributed by atoms with Gasteiger partial charge in [0.2, 0.25) is 11.8 Å². The van der Waals surface area contributed by atoms with Crippen molar-refractivity contribution in [3.8, 4) is 0 Å². The predicted octanol–water partition coefficient (Wildman–Crippen LogP) is 4.64. The molecule has 0 aromatic heterocycles. The summed E-state index contributed by atoms with van der Waals surface area (Å²) in [5, 5.41) is 3.01. The first-order valence-corrected chi connectivity index (χ1v) is 15.6. The highest BCUT2D eigenvalue weighted by molar-refractivity contribution is 7.90. The quantitative estimate of drug-likeness (QED) is 0.313. The Morgan fingerprint density at radius 3 is 2.10 bits per heavy atom. The Hall–Kier alpha value is -3.69. The number of hydrogen-bond acceptors (Lipinski definition) is 4. The molecule has 0 fully saturated rings. The molecule has 0 spiro atoms. The number of rotatable bonds is 13. The third-order valence-electron chi connectivity index (χ3n) is 7.04. The van der Waals surface area contributed by atoms with Crippen LogP contribution in [0.1, 0.15) is 41.7 Å². The van der Waals surface area contributed by atoms with Gasteiger partial charge in [-0.05, 0) is 55.0 Å². The second-order valence-corrected chi connectivity index (χ2v) is 13.5. The van der Waals surface area contributed by atoms with Crippen molar-refractivity contribution in [3.63, 3.8) is 0 Å². The number of anilines is 1. The van der Waals surface area contributed by atoms with E-state index in [0.29, 0.717) is 12.2 Å². The van der Waals surface area contributed by atoms with Gasteiger partial charge in [0.25, 0.3) is 0 Å².